The molecule has 0 fully saturated rings. The molecule has 3 nitrogen and oxygen atoms in total. The predicted molar refractivity (Wildman–Crippen MR) is 70.2 cm³/mol. The third kappa shape index (κ3) is 2.41. The van der Waals surface area contributed by atoms with E-state index in [-0.39, 0.29) is 0 Å². The van der Waals surface area contributed by atoms with Crippen molar-refractivity contribution >= 4 is 28.8 Å². The van der Waals surface area contributed by atoms with E-state index in [0.717, 1.165) is 21.2 Å². The molecule has 0 heterocycles. The Kier molecular flexibility index (Phi) is 2.92. The van der Waals surface area contributed by atoms with Gasteiger partial charge in [0.1, 0.15) is 0 Å². The first-order chi connectivity index (χ1) is 7.65. The lowest BCUT2D eigenvalue weighted by molar-refractivity contribution is 1.41. The highest BCUT2D eigenvalue weighted by Gasteiger charge is 2.02. The van der Waals surface area contributed by atoms with Crippen LogP contribution in [0.5, 0.6) is 0 Å². The average Bonchev–Trinajstić information content (AvgIpc) is 2.27. The standard InChI is InChI=1S/C12H13N3S/c13-8-1-4-10(5-2-8)16-12-7-9(14)3-6-11(12)15/h1-7H,13-15H2. The SMILES string of the molecule is Nc1ccc(Sc2cc(N)ccc2N)cc1. The van der Waals surface area contributed by atoms with Gasteiger partial charge in [-0.15, -0.1) is 0 Å². The first kappa shape index (κ1) is 10.7. The third-order valence-electron chi connectivity index (χ3n) is 2.15. The molecule has 82 valence electrons. The van der Waals surface area contributed by atoms with Crippen LogP contribution in [0.4, 0.5) is 17.1 Å². The molecule has 0 aliphatic heterocycles. The van der Waals surface area contributed by atoms with Gasteiger partial charge in [0.15, 0.2) is 0 Å². The Bertz CT molecular complexity index is 494. The van der Waals surface area contributed by atoms with E-state index in [1.54, 1.807) is 17.8 Å². The van der Waals surface area contributed by atoms with Crippen LogP contribution >= 0.6 is 11.8 Å². The van der Waals surface area contributed by atoms with Crippen molar-refractivity contribution in [2.24, 2.45) is 0 Å². The van der Waals surface area contributed by atoms with E-state index in [2.05, 4.69) is 0 Å². The molecular formula is C12H13N3S. The van der Waals surface area contributed by atoms with E-state index < -0.39 is 0 Å². The number of nitrogens with two attached hydrogens (primary N) is 3. The summed E-state index contributed by atoms with van der Waals surface area (Å²) in [6.45, 7) is 0. The second-order valence-corrected chi connectivity index (χ2v) is 4.58. The first-order valence-corrected chi connectivity index (χ1v) is 5.65. The van der Waals surface area contributed by atoms with Crippen molar-refractivity contribution in [2.75, 3.05) is 17.2 Å². The Morgan fingerprint density at radius 2 is 1.38 bits per heavy atom. The zero-order valence-corrected chi connectivity index (χ0v) is 9.50. The monoisotopic (exact) mass is 231 g/mol. The average molecular weight is 231 g/mol. The van der Waals surface area contributed by atoms with Crippen molar-refractivity contribution in [3.63, 3.8) is 0 Å². The number of rotatable bonds is 2. The van der Waals surface area contributed by atoms with Gasteiger partial charge in [0.25, 0.3) is 0 Å². The summed E-state index contributed by atoms with van der Waals surface area (Å²) >= 11 is 1.58. The maximum Gasteiger partial charge on any atom is 0.0457 e. The van der Waals surface area contributed by atoms with E-state index in [1.807, 2.05) is 36.4 Å². The van der Waals surface area contributed by atoms with Crippen LogP contribution in [0.2, 0.25) is 0 Å². The minimum atomic E-state index is 0.715. The van der Waals surface area contributed by atoms with Crippen LogP contribution in [0.1, 0.15) is 0 Å². The molecular weight excluding hydrogens is 218 g/mol. The van der Waals surface area contributed by atoms with Crippen LogP contribution in [0, 0.1) is 0 Å². The fourth-order valence-electron chi connectivity index (χ4n) is 1.30. The van der Waals surface area contributed by atoms with Crippen LogP contribution in [0.15, 0.2) is 52.3 Å². The molecule has 4 heteroatoms. The molecule has 0 saturated carbocycles. The molecule has 0 aliphatic rings. The van der Waals surface area contributed by atoms with Gasteiger partial charge in [0, 0.05) is 26.9 Å². The largest absolute Gasteiger partial charge is 0.399 e. The molecule has 6 N–H and O–H groups in total. The first-order valence-electron chi connectivity index (χ1n) is 4.83. The summed E-state index contributed by atoms with van der Waals surface area (Å²) < 4.78 is 0. The predicted octanol–water partition coefficient (Wildman–Crippen LogP) is 2.58. The fraction of sp³-hybridized carbons (Fsp3) is 0. The molecule has 0 bridgehead atoms. The Balaban J connectivity index is 2.26. The Labute approximate surface area is 98.6 Å². The lowest BCUT2D eigenvalue weighted by Crippen LogP contribution is -1.91. The summed E-state index contributed by atoms with van der Waals surface area (Å²) in [7, 11) is 0. The van der Waals surface area contributed by atoms with Crippen LogP contribution < -0.4 is 17.2 Å². The molecule has 0 radical (unpaired) electrons. The van der Waals surface area contributed by atoms with Crippen molar-refractivity contribution in [1.82, 2.24) is 0 Å². The minimum absolute atomic E-state index is 0.715. The van der Waals surface area contributed by atoms with Crippen molar-refractivity contribution in [2.45, 2.75) is 9.79 Å². The van der Waals surface area contributed by atoms with Crippen molar-refractivity contribution in [1.29, 1.82) is 0 Å². The number of nitrogen functional groups attached to an aromatic ring is 3. The molecule has 0 atom stereocenters. The van der Waals surface area contributed by atoms with E-state index in [9.17, 15) is 0 Å². The summed E-state index contributed by atoms with van der Waals surface area (Å²) in [6.07, 6.45) is 0. The molecule has 0 aliphatic carbocycles. The van der Waals surface area contributed by atoms with Gasteiger partial charge < -0.3 is 17.2 Å². The number of hydrogen-bond acceptors (Lipinski definition) is 4. The highest BCUT2D eigenvalue weighted by molar-refractivity contribution is 7.99. The lowest BCUT2D eigenvalue weighted by atomic mass is 10.3. The normalized spacial score (nSPS) is 10.2. The molecule has 0 aromatic heterocycles. The fourth-order valence-corrected chi connectivity index (χ4v) is 2.21. The van der Waals surface area contributed by atoms with Gasteiger partial charge in [0.05, 0.1) is 0 Å². The Morgan fingerprint density at radius 3 is 2.06 bits per heavy atom. The van der Waals surface area contributed by atoms with Gasteiger partial charge in [-0.05, 0) is 42.5 Å². The van der Waals surface area contributed by atoms with Crippen molar-refractivity contribution in [3.05, 3.63) is 42.5 Å². The molecule has 2 rings (SSSR count). The highest BCUT2D eigenvalue weighted by Crippen LogP contribution is 2.33. The second-order valence-electron chi connectivity index (χ2n) is 3.47. The number of benzene rings is 2. The molecule has 2 aromatic carbocycles. The van der Waals surface area contributed by atoms with Gasteiger partial charge in [-0.1, -0.05) is 11.8 Å². The van der Waals surface area contributed by atoms with Gasteiger partial charge >= 0.3 is 0 Å². The molecule has 16 heavy (non-hydrogen) atoms. The topological polar surface area (TPSA) is 78.1 Å². The van der Waals surface area contributed by atoms with Crippen LogP contribution in [-0.4, -0.2) is 0 Å². The number of hydrogen-bond donors (Lipinski definition) is 3. The van der Waals surface area contributed by atoms with Crippen LogP contribution in [0.3, 0.4) is 0 Å². The molecule has 0 unspecified atom stereocenters. The van der Waals surface area contributed by atoms with Gasteiger partial charge in [-0.25, -0.2) is 0 Å². The maximum atomic E-state index is 5.87. The van der Waals surface area contributed by atoms with Gasteiger partial charge in [-0.3, -0.25) is 0 Å². The smallest absolute Gasteiger partial charge is 0.0457 e. The molecule has 0 spiro atoms. The van der Waals surface area contributed by atoms with E-state index in [4.69, 9.17) is 17.2 Å². The maximum absolute atomic E-state index is 5.87. The van der Waals surface area contributed by atoms with Gasteiger partial charge in [0.2, 0.25) is 0 Å². The minimum Gasteiger partial charge on any atom is -0.399 e. The summed E-state index contributed by atoms with van der Waals surface area (Å²) in [5, 5.41) is 0. The zero-order valence-electron chi connectivity index (χ0n) is 8.68. The summed E-state index contributed by atoms with van der Waals surface area (Å²) in [4.78, 5) is 2.05. The number of anilines is 3. The van der Waals surface area contributed by atoms with Crippen molar-refractivity contribution in [3.8, 4) is 0 Å². The lowest BCUT2D eigenvalue weighted by Gasteiger charge is -2.06. The zero-order chi connectivity index (χ0) is 11.5. The molecule has 0 saturated heterocycles. The van der Waals surface area contributed by atoms with Gasteiger partial charge in [-0.2, -0.15) is 0 Å². The van der Waals surface area contributed by atoms with Crippen molar-refractivity contribution < 1.29 is 0 Å². The quantitative estimate of drug-likeness (QED) is 0.694. The van der Waals surface area contributed by atoms with E-state index in [1.165, 1.54) is 0 Å². The summed E-state index contributed by atoms with van der Waals surface area (Å²) in [5.74, 6) is 0. The third-order valence-corrected chi connectivity index (χ3v) is 3.23. The van der Waals surface area contributed by atoms with Crippen LogP contribution in [-0.2, 0) is 0 Å². The molecule has 2 aromatic rings. The summed E-state index contributed by atoms with van der Waals surface area (Å²) in [6, 6.07) is 13.1. The highest BCUT2D eigenvalue weighted by atomic mass is 32.2. The summed E-state index contributed by atoms with van der Waals surface area (Å²) in [5.41, 5.74) is 19.4. The van der Waals surface area contributed by atoms with Crippen LogP contribution in [0.25, 0.3) is 0 Å². The van der Waals surface area contributed by atoms with E-state index >= 15 is 0 Å². The second kappa shape index (κ2) is 4.37. The van der Waals surface area contributed by atoms with E-state index in [0.29, 0.717) is 5.69 Å². The Morgan fingerprint density at radius 1 is 0.750 bits per heavy atom. The Hall–Kier alpha value is -1.81. The molecule has 0 amide bonds.